The highest BCUT2D eigenvalue weighted by molar-refractivity contribution is 9.10. The molecule has 2 aromatic carbocycles. The number of carbonyl (C=O) groups is 3. The van der Waals surface area contributed by atoms with Crippen LogP contribution in [0.25, 0.3) is 0 Å². The van der Waals surface area contributed by atoms with Gasteiger partial charge in [0.05, 0.1) is 5.56 Å². The number of unbranched alkanes of at least 4 members (excludes halogenated alkanes) is 8. The van der Waals surface area contributed by atoms with E-state index in [9.17, 15) is 14.4 Å². The van der Waals surface area contributed by atoms with Crippen molar-refractivity contribution in [3.8, 4) is 0 Å². The number of hydrogen-bond donors (Lipinski definition) is 2. The van der Waals surface area contributed by atoms with E-state index < -0.39 is 18.5 Å². The maximum Gasteiger partial charge on any atom is 0.338 e. The number of anilines is 2. The SMILES string of the molecule is CCCCCCCCCCCC(=O)Nc1cccc(C(=O)OCC(=O)Nc2ccc(Br)cc2)c1. The highest BCUT2D eigenvalue weighted by Gasteiger charge is 2.12. The summed E-state index contributed by atoms with van der Waals surface area (Å²) in [6, 6.07) is 13.6. The minimum absolute atomic E-state index is 0.0673. The van der Waals surface area contributed by atoms with Crippen LogP contribution >= 0.6 is 15.9 Å². The second-order valence-corrected chi connectivity index (χ2v) is 9.25. The molecule has 2 N–H and O–H groups in total. The minimum atomic E-state index is -0.624. The van der Waals surface area contributed by atoms with Crippen molar-refractivity contribution >= 4 is 45.1 Å². The molecule has 0 aliphatic carbocycles. The predicted molar refractivity (Wildman–Crippen MR) is 140 cm³/mol. The maximum atomic E-state index is 12.3. The summed E-state index contributed by atoms with van der Waals surface area (Å²) in [4.78, 5) is 36.6. The Morgan fingerprint density at radius 3 is 2.06 bits per heavy atom. The Balaban J connectivity index is 1.66. The molecule has 0 fully saturated rings. The van der Waals surface area contributed by atoms with Gasteiger partial charge in [-0.3, -0.25) is 9.59 Å². The number of ether oxygens (including phenoxy) is 1. The van der Waals surface area contributed by atoms with Crippen molar-refractivity contribution in [1.82, 2.24) is 0 Å². The second-order valence-electron chi connectivity index (χ2n) is 8.34. The summed E-state index contributed by atoms with van der Waals surface area (Å²) in [5, 5.41) is 5.50. The Bertz CT molecular complexity index is 915. The average Bonchev–Trinajstić information content (AvgIpc) is 2.83. The highest BCUT2D eigenvalue weighted by Crippen LogP contribution is 2.16. The Morgan fingerprint density at radius 2 is 1.38 bits per heavy atom. The van der Waals surface area contributed by atoms with Crippen molar-refractivity contribution in [2.24, 2.45) is 0 Å². The molecule has 0 radical (unpaired) electrons. The molecule has 2 amide bonds. The van der Waals surface area contributed by atoms with E-state index in [0.29, 0.717) is 17.8 Å². The Kier molecular flexibility index (Phi) is 13.0. The summed E-state index contributed by atoms with van der Waals surface area (Å²) >= 11 is 3.33. The average molecular weight is 531 g/mol. The first-order chi connectivity index (χ1) is 16.5. The van der Waals surface area contributed by atoms with Gasteiger partial charge in [-0.05, 0) is 48.9 Å². The quantitative estimate of drug-likeness (QED) is 0.190. The molecule has 0 spiro atoms. The summed E-state index contributed by atoms with van der Waals surface area (Å²) < 4.78 is 6.01. The minimum Gasteiger partial charge on any atom is -0.452 e. The highest BCUT2D eigenvalue weighted by atomic mass is 79.9. The van der Waals surface area contributed by atoms with Crippen molar-refractivity contribution in [3.05, 3.63) is 58.6 Å². The van der Waals surface area contributed by atoms with Gasteiger partial charge >= 0.3 is 5.97 Å². The van der Waals surface area contributed by atoms with Gasteiger partial charge in [0.1, 0.15) is 0 Å². The first-order valence-electron chi connectivity index (χ1n) is 12.1. The molecule has 2 aromatic rings. The fourth-order valence-electron chi connectivity index (χ4n) is 3.49. The van der Waals surface area contributed by atoms with Crippen LogP contribution in [0.1, 0.15) is 81.5 Å². The molecule has 0 aromatic heterocycles. The standard InChI is InChI=1S/C27H35BrN2O4/c1-2-3-4-5-6-7-8-9-10-14-25(31)30-24-13-11-12-21(19-24)27(33)34-20-26(32)29-23-17-15-22(28)16-18-23/h11-13,15-19H,2-10,14,20H2,1H3,(H,29,32)(H,30,31). The number of halogens is 1. The molecule has 2 rings (SSSR count). The van der Waals surface area contributed by atoms with Crippen molar-refractivity contribution in [3.63, 3.8) is 0 Å². The van der Waals surface area contributed by atoms with Gasteiger partial charge in [0.15, 0.2) is 6.61 Å². The summed E-state index contributed by atoms with van der Waals surface area (Å²) in [7, 11) is 0. The number of esters is 1. The molecular weight excluding hydrogens is 496 g/mol. The topological polar surface area (TPSA) is 84.5 Å². The molecule has 0 saturated carbocycles. The van der Waals surface area contributed by atoms with Crippen molar-refractivity contribution in [1.29, 1.82) is 0 Å². The first kappa shape index (κ1) is 27.6. The number of nitrogens with one attached hydrogen (secondary N) is 2. The molecule has 0 aliphatic heterocycles. The van der Waals surface area contributed by atoms with Crippen LogP contribution < -0.4 is 10.6 Å². The van der Waals surface area contributed by atoms with Gasteiger partial charge in [-0.15, -0.1) is 0 Å². The van der Waals surface area contributed by atoms with Crippen molar-refractivity contribution < 1.29 is 19.1 Å². The van der Waals surface area contributed by atoms with E-state index in [1.165, 1.54) is 38.5 Å². The molecule has 184 valence electrons. The van der Waals surface area contributed by atoms with Crippen LogP contribution in [0, 0.1) is 0 Å². The monoisotopic (exact) mass is 530 g/mol. The molecule has 0 aliphatic rings. The molecule has 0 heterocycles. The fourth-order valence-corrected chi connectivity index (χ4v) is 3.75. The van der Waals surface area contributed by atoms with Gasteiger partial charge in [-0.2, -0.15) is 0 Å². The molecule has 7 heteroatoms. The van der Waals surface area contributed by atoms with Gasteiger partial charge in [-0.1, -0.05) is 80.3 Å². The lowest BCUT2D eigenvalue weighted by atomic mass is 10.1. The van der Waals surface area contributed by atoms with Crippen LogP contribution in [0.2, 0.25) is 0 Å². The summed E-state index contributed by atoms with van der Waals surface area (Å²) in [5.74, 6) is -1.12. The Labute approximate surface area is 211 Å². The normalized spacial score (nSPS) is 10.5. The molecule has 0 saturated heterocycles. The molecule has 0 bridgehead atoms. The van der Waals surface area contributed by atoms with Crippen LogP contribution in [0.15, 0.2) is 53.0 Å². The molecule has 6 nitrogen and oxygen atoms in total. The van der Waals surface area contributed by atoms with Crippen LogP contribution in [-0.2, 0) is 14.3 Å². The van der Waals surface area contributed by atoms with E-state index in [4.69, 9.17) is 4.74 Å². The first-order valence-corrected chi connectivity index (χ1v) is 12.9. The number of hydrogen-bond acceptors (Lipinski definition) is 4. The van der Waals surface area contributed by atoms with E-state index in [-0.39, 0.29) is 11.5 Å². The molecule has 0 atom stereocenters. The Hall–Kier alpha value is -2.67. The number of benzene rings is 2. The fraction of sp³-hybridized carbons (Fsp3) is 0.444. The summed E-state index contributed by atoms with van der Waals surface area (Å²) in [6.07, 6.45) is 11.3. The van der Waals surface area contributed by atoms with Crippen LogP contribution in [-0.4, -0.2) is 24.4 Å². The number of rotatable bonds is 15. The van der Waals surface area contributed by atoms with Gasteiger partial charge in [0, 0.05) is 22.3 Å². The van der Waals surface area contributed by atoms with Gasteiger partial charge < -0.3 is 15.4 Å². The lowest BCUT2D eigenvalue weighted by molar-refractivity contribution is -0.119. The largest absolute Gasteiger partial charge is 0.452 e. The molecular formula is C27H35BrN2O4. The zero-order chi connectivity index (χ0) is 24.6. The van der Waals surface area contributed by atoms with E-state index in [2.05, 4.69) is 33.5 Å². The summed E-state index contributed by atoms with van der Waals surface area (Å²) in [6.45, 7) is 1.82. The molecule has 34 heavy (non-hydrogen) atoms. The third kappa shape index (κ3) is 11.5. The third-order valence-corrected chi connectivity index (χ3v) is 5.88. The zero-order valence-corrected chi connectivity index (χ0v) is 21.5. The summed E-state index contributed by atoms with van der Waals surface area (Å²) in [5.41, 5.74) is 1.42. The number of amides is 2. The number of carbonyl (C=O) groups excluding carboxylic acids is 3. The van der Waals surface area contributed by atoms with E-state index in [0.717, 1.165) is 23.7 Å². The van der Waals surface area contributed by atoms with Crippen molar-refractivity contribution in [2.75, 3.05) is 17.2 Å². The maximum absolute atomic E-state index is 12.3. The van der Waals surface area contributed by atoms with Gasteiger partial charge in [-0.25, -0.2) is 4.79 Å². The molecule has 0 unspecified atom stereocenters. The zero-order valence-electron chi connectivity index (χ0n) is 19.9. The van der Waals surface area contributed by atoms with E-state index in [1.807, 2.05) is 0 Å². The van der Waals surface area contributed by atoms with Gasteiger partial charge in [0.25, 0.3) is 5.91 Å². The smallest absolute Gasteiger partial charge is 0.338 e. The van der Waals surface area contributed by atoms with Crippen LogP contribution in [0.4, 0.5) is 11.4 Å². The Morgan fingerprint density at radius 1 is 0.765 bits per heavy atom. The lowest BCUT2D eigenvalue weighted by Crippen LogP contribution is -2.21. The van der Waals surface area contributed by atoms with E-state index in [1.54, 1.807) is 48.5 Å². The van der Waals surface area contributed by atoms with Gasteiger partial charge in [0.2, 0.25) is 5.91 Å². The van der Waals surface area contributed by atoms with E-state index >= 15 is 0 Å². The predicted octanol–water partition coefficient (Wildman–Crippen LogP) is 7.10. The second kappa shape index (κ2) is 16.0. The third-order valence-electron chi connectivity index (χ3n) is 5.35. The lowest BCUT2D eigenvalue weighted by Gasteiger charge is -2.09. The van der Waals surface area contributed by atoms with Crippen LogP contribution in [0.3, 0.4) is 0 Å². The van der Waals surface area contributed by atoms with Crippen LogP contribution in [0.5, 0.6) is 0 Å². The van der Waals surface area contributed by atoms with Crippen molar-refractivity contribution in [2.45, 2.75) is 71.1 Å².